The Bertz CT molecular complexity index is 845. The number of nitrogens with zero attached hydrogens (tertiary/aromatic N) is 2. The van der Waals surface area contributed by atoms with Crippen LogP contribution < -0.4 is 5.32 Å². The number of halogens is 2. The van der Waals surface area contributed by atoms with Crippen LogP contribution in [0.15, 0.2) is 53.1 Å². The van der Waals surface area contributed by atoms with Crippen molar-refractivity contribution in [1.29, 1.82) is 0 Å². The molecule has 0 atom stereocenters. The fraction of sp³-hybridized carbons (Fsp3) is 0.263. The molecule has 1 aliphatic rings. The van der Waals surface area contributed by atoms with Gasteiger partial charge < -0.3 is 14.6 Å². The minimum absolute atomic E-state index is 0. The highest BCUT2D eigenvalue weighted by Gasteiger charge is 2.25. The van der Waals surface area contributed by atoms with E-state index in [4.69, 9.17) is 9.40 Å². The van der Waals surface area contributed by atoms with E-state index in [2.05, 4.69) is 5.32 Å². The second kappa shape index (κ2) is 9.90. The Morgan fingerprint density at radius 3 is 2.63 bits per heavy atom. The van der Waals surface area contributed by atoms with Gasteiger partial charge in [-0.25, -0.2) is 4.98 Å². The first-order chi connectivity index (χ1) is 12.3. The smallest absolute Gasteiger partial charge is 0.266 e. The first-order valence-corrected chi connectivity index (χ1v) is 9.25. The quantitative estimate of drug-likeness (QED) is 0.677. The molecule has 2 aromatic heterocycles. The van der Waals surface area contributed by atoms with E-state index in [1.54, 1.807) is 6.26 Å². The highest BCUT2D eigenvalue weighted by Crippen LogP contribution is 2.35. The van der Waals surface area contributed by atoms with Gasteiger partial charge in [-0.3, -0.25) is 4.79 Å². The molecule has 0 spiro atoms. The van der Waals surface area contributed by atoms with Gasteiger partial charge in [-0.15, -0.1) is 36.2 Å². The second-order valence-corrected chi connectivity index (χ2v) is 6.93. The molecule has 5 nitrogen and oxygen atoms in total. The van der Waals surface area contributed by atoms with Crippen LogP contribution in [0.2, 0.25) is 0 Å². The van der Waals surface area contributed by atoms with Crippen molar-refractivity contribution in [1.82, 2.24) is 15.2 Å². The predicted octanol–water partition coefficient (Wildman–Crippen LogP) is 4.35. The van der Waals surface area contributed by atoms with Crippen LogP contribution in [0, 0.1) is 0 Å². The highest BCUT2D eigenvalue weighted by molar-refractivity contribution is 7.17. The molecule has 1 saturated heterocycles. The minimum atomic E-state index is 0. The fourth-order valence-electron chi connectivity index (χ4n) is 2.95. The third-order valence-electron chi connectivity index (χ3n) is 4.23. The third-order valence-corrected chi connectivity index (χ3v) is 5.29. The van der Waals surface area contributed by atoms with Gasteiger partial charge in [0, 0.05) is 25.2 Å². The van der Waals surface area contributed by atoms with E-state index in [0.29, 0.717) is 10.6 Å². The van der Waals surface area contributed by atoms with Crippen LogP contribution in [0.3, 0.4) is 0 Å². The van der Waals surface area contributed by atoms with E-state index in [1.165, 1.54) is 11.3 Å². The van der Waals surface area contributed by atoms with Crippen molar-refractivity contribution >= 4 is 42.1 Å². The molecular formula is C19H21Cl2N3O2S. The van der Waals surface area contributed by atoms with Crippen LogP contribution in [0.1, 0.15) is 16.1 Å². The number of hydrogen-bond acceptors (Lipinski definition) is 5. The normalized spacial score (nSPS) is 14.0. The topological polar surface area (TPSA) is 58.4 Å². The zero-order chi connectivity index (χ0) is 17.1. The first-order valence-electron chi connectivity index (χ1n) is 8.43. The summed E-state index contributed by atoms with van der Waals surface area (Å²) < 4.78 is 5.48. The van der Waals surface area contributed by atoms with Crippen LogP contribution in [0.4, 0.5) is 0 Å². The van der Waals surface area contributed by atoms with Crippen molar-refractivity contribution in [2.24, 2.45) is 0 Å². The van der Waals surface area contributed by atoms with E-state index < -0.39 is 0 Å². The first kappa shape index (κ1) is 21.4. The molecule has 1 amide bonds. The molecule has 1 N–H and O–H groups in total. The van der Waals surface area contributed by atoms with E-state index in [0.717, 1.165) is 48.9 Å². The van der Waals surface area contributed by atoms with Crippen molar-refractivity contribution in [3.8, 4) is 22.0 Å². The van der Waals surface area contributed by atoms with Crippen LogP contribution >= 0.6 is 36.2 Å². The zero-order valence-electron chi connectivity index (χ0n) is 14.6. The molecule has 0 saturated carbocycles. The number of nitrogens with one attached hydrogen (secondary N) is 1. The number of hydrogen-bond donors (Lipinski definition) is 1. The fourth-order valence-corrected chi connectivity index (χ4v) is 3.98. The molecule has 0 radical (unpaired) electrons. The molecule has 8 heteroatoms. The molecule has 0 bridgehead atoms. The van der Waals surface area contributed by atoms with Gasteiger partial charge in [-0.2, -0.15) is 0 Å². The Morgan fingerprint density at radius 1 is 1.07 bits per heavy atom. The number of carbonyl (C=O) groups is 1. The maximum atomic E-state index is 13.2. The molecule has 0 unspecified atom stereocenters. The van der Waals surface area contributed by atoms with E-state index in [9.17, 15) is 4.79 Å². The number of thiazole rings is 1. The van der Waals surface area contributed by atoms with Gasteiger partial charge in [-0.05, 0) is 25.1 Å². The Kier molecular flexibility index (Phi) is 7.86. The van der Waals surface area contributed by atoms with Gasteiger partial charge in [0.2, 0.25) is 0 Å². The van der Waals surface area contributed by atoms with E-state index in [-0.39, 0.29) is 30.7 Å². The van der Waals surface area contributed by atoms with Crippen molar-refractivity contribution in [3.63, 3.8) is 0 Å². The zero-order valence-corrected chi connectivity index (χ0v) is 17.0. The molecular weight excluding hydrogens is 405 g/mol. The Hall–Kier alpha value is -1.86. The van der Waals surface area contributed by atoms with Crippen molar-refractivity contribution < 1.29 is 9.21 Å². The lowest BCUT2D eigenvalue weighted by molar-refractivity contribution is 0.0771. The Labute approximate surface area is 174 Å². The van der Waals surface area contributed by atoms with Gasteiger partial charge in [0.15, 0.2) is 10.8 Å². The maximum Gasteiger partial charge on any atom is 0.266 e. The molecule has 27 heavy (non-hydrogen) atoms. The van der Waals surface area contributed by atoms with Gasteiger partial charge in [0.1, 0.15) is 4.88 Å². The summed E-state index contributed by atoms with van der Waals surface area (Å²) in [7, 11) is 0. The molecule has 1 fully saturated rings. The highest BCUT2D eigenvalue weighted by atomic mass is 35.5. The lowest BCUT2D eigenvalue weighted by atomic mass is 10.1. The van der Waals surface area contributed by atoms with Gasteiger partial charge in [-0.1, -0.05) is 30.3 Å². The molecule has 0 aliphatic carbocycles. The van der Waals surface area contributed by atoms with E-state index >= 15 is 0 Å². The largest absolute Gasteiger partial charge is 0.462 e. The minimum Gasteiger partial charge on any atom is -0.462 e. The van der Waals surface area contributed by atoms with Crippen molar-refractivity contribution in [2.75, 3.05) is 26.2 Å². The van der Waals surface area contributed by atoms with Gasteiger partial charge >= 0.3 is 0 Å². The number of carbonyl (C=O) groups excluding carboxylic acids is 1. The molecule has 3 heterocycles. The summed E-state index contributed by atoms with van der Waals surface area (Å²) in [6.45, 7) is 3.28. The summed E-state index contributed by atoms with van der Waals surface area (Å²) in [6, 6.07) is 13.6. The summed E-state index contributed by atoms with van der Waals surface area (Å²) in [5, 5.41) is 4.07. The Balaban J connectivity index is 0.00000131. The van der Waals surface area contributed by atoms with Crippen LogP contribution in [0.25, 0.3) is 22.0 Å². The number of rotatable bonds is 3. The monoisotopic (exact) mass is 425 g/mol. The summed E-state index contributed by atoms with van der Waals surface area (Å²) in [5.74, 6) is 0.747. The second-order valence-electron chi connectivity index (χ2n) is 5.94. The standard InChI is InChI=1S/C19H19N3O2S.2ClH/c23-19(22-11-5-9-20-10-12-22)17-16(14-6-2-1-3-7-14)21-18(25-17)15-8-4-13-24-15;;/h1-4,6-8,13,20H,5,9-12H2;2*1H. The summed E-state index contributed by atoms with van der Waals surface area (Å²) >= 11 is 1.40. The molecule has 1 aliphatic heterocycles. The lowest BCUT2D eigenvalue weighted by Crippen LogP contribution is -2.34. The number of furan rings is 1. The van der Waals surface area contributed by atoms with Crippen LogP contribution in [0.5, 0.6) is 0 Å². The van der Waals surface area contributed by atoms with Gasteiger partial charge in [0.25, 0.3) is 5.91 Å². The van der Waals surface area contributed by atoms with E-state index in [1.807, 2.05) is 47.4 Å². The lowest BCUT2D eigenvalue weighted by Gasteiger charge is -2.19. The predicted molar refractivity (Wildman–Crippen MR) is 113 cm³/mol. The average Bonchev–Trinajstić information content (AvgIpc) is 3.26. The SMILES string of the molecule is Cl.Cl.O=C(c1sc(-c2ccco2)nc1-c1ccccc1)N1CCCNCC1. The molecule has 4 rings (SSSR count). The summed E-state index contributed by atoms with van der Waals surface area (Å²) in [4.78, 5) is 20.5. The number of amides is 1. The number of benzene rings is 1. The summed E-state index contributed by atoms with van der Waals surface area (Å²) in [5.41, 5.74) is 1.69. The van der Waals surface area contributed by atoms with Crippen LogP contribution in [-0.2, 0) is 0 Å². The summed E-state index contributed by atoms with van der Waals surface area (Å²) in [6.07, 6.45) is 2.59. The maximum absolute atomic E-state index is 13.2. The van der Waals surface area contributed by atoms with Crippen molar-refractivity contribution in [3.05, 3.63) is 53.6 Å². The van der Waals surface area contributed by atoms with Crippen LogP contribution in [-0.4, -0.2) is 42.0 Å². The average molecular weight is 426 g/mol. The molecule has 144 valence electrons. The Morgan fingerprint density at radius 2 is 1.89 bits per heavy atom. The van der Waals surface area contributed by atoms with Crippen molar-refractivity contribution in [2.45, 2.75) is 6.42 Å². The molecule has 3 aromatic rings. The van der Waals surface area contributed by atoms with Gasteiger partial charge in [0.05, 0.1) is 12.0 Å². The molecule has 1 aromatic carbocycles. The number of aromatic nitrogens is 1. The third kappa shape index (κ3) is 4.71.